The average Bonchev–Trinajstić information content (AvgIpc) is 2.78. The van der Waals surface area contributed by atoms with Crippen LogP contribution in [-0.4, -0.2) is 36.6 Å². The Morgan fingerprint density at radius 3 is 2.38 bits per heavy atom. The van der Waals surface area contributed by atoms with E-state index >= 15 is 0 Å². The van der Waals surface area contributed by atoms with Gasteiger partial charge in [-0.3, -0.25) is 4.90 Å². The van der Waals surface area contributed by atoms with Gasteiger partial charge in [0.1, 0.15) is 0 Å². The molecule has 2 nitrogen and oxygen atoms in total. The molecule has 16 heavy (non-hydrogen) atoms. The number of hydrogen-bond acceptors (Lipinski definition) is 2. The molecule has 1 aliphatic heterocycles. The Morgan fingerprint density at radius 2 is 2.00 bits per heavy atom. The Kier molecular flexibility index (Phi) is 5.00. The molecule has 0 aromatic heterocycles. The molecule has 2 heteroatoms. The molecule has 0 aromatic rings. The van der Waals surface area contributed by atoms with E-state index in [2.05, 4.69) is 44.6 Å². The van der Waals surface area contributed by atoms with Crippen molar-refractivity contribution in [1.29, 1.82) is 0 Å². The zero-order valence-corrected chi connectivity index (χ0v) is 11.5. The lowest BCUT2D eigenvalue weighted by Crippen LogP contribution is -2.57. The van der Waals surface area contributed by atoms with Crippen LogP contribution in [0.2, 0.25) is 0 Å². The van der Waals surface area contributed by atoms with Gasteiger partial charge in [0, 0.05) is 11.6 Å². The van der Waals surface area contributed by atoms with Crippen LogP contribution < -0.4 is 5.32 Å². The normalized spacial score (nSPS) is 23.0. The van der Waals surface area contributed by atoms with Crippen molar-refractivity contribution in [3.05, 3.63) is 12.2 Å². The molecule has 1 N–H and O–H groups in total. The first kappa shape index (κ1) is 13.7. The van der Waals surface area contributed by atoms with Gasteiger partial charge >= 0.3 is 0 Å². The number of likely N-dealkylation sites (N-methyl/N-ethyl adjacent to an activating group) is 1. The van der Waals surface area contributed by atoms with Crippen LogP contribution in [0.4, 0.5) is 0 Å². The van der Waals surface area contributed by atoms with Gasteiger partial charge in [-0.25, -0.2) is 0 Å². The molecule has 2 atom stereocenters. The molecule has 1 fully saturated rings. The van der Waals surface area contributed by atoms with Crippen molar-refractivity contribution in [2.24, 2.45) is 0 Å². The van der Waals surface area contributed by atoms with Crippen LogP contribution >= 0.6 is 0 Å². The second-order valence-electron chi connectivity index (χ2n) is 5.41. The van der Waals surface area contributed by atoms with Gasteiger partial charge in [0.15, 0.2) is 0 Å². The highest BCUT2D eigenvalue weighted by molar-refractivity contribution is 5.04. The van der Waals surface area contributed by atoms with Crippen molar-refractivity contribution in [2.75, 3.05) is 20.1 Å². The summed E-state index contributed by atoms with van der Waals surface area (Å²) < 4.78 is 0. The molecule has 2 unspecified atom stereocenters. The van der Waals surface area contributed by atoms with Gasteiger partial charge in [0.05, 0.1) is 0 Å². The van der Waals surface area contributed by atoms with E-state index in [1.54, 1.807) is 0 Å². The lowest BCUT2D eigenvalue weighted by Gasteiger charge is -2.44. The van der Waals surface area contributed by atoms with Gasteiger partial charge in [-0.15, -0.1) is 6.58 Å². The monoisotopic (exact) mass is 224 g/mol. The van der Waals surface area contributed by atoms with Gasteiger partial charge in [0.2, 0.25) is 0 Å². The van der Waals surface area contributed by atoms with Gasteiger partial charge < -0.3 is 5.32 Å². The maximum absolute atomic E-state index is 4.06. The fraction of sp³-hybridized carbons (Fsp3) is 0.857. The third-order valence-electron chi connectivity index (χ3n) is 4.20. The molecule has 1 heterocycles. The lowest BCUT2D eigenvalue weighted by atomic mass is 9.84. The number of rotatable bonds is 6. The van der Waals surface area contributed by atoms with E-state index < -0.39 is 0 Å². The second kappa shape index (κ2) is 5.83. The van der Waals surface area contributed by atoms with Crippen LogP contribution in [0.15, 0.2) is 12.2 Å². The minimum Gasteiger partial charge on any atom is -0.315 e. The quantitative estimate of drug-likeness (QED) is 0.698. The Hall–Kier alpha value is -0.340. The molecule has 0 amide bonds. The van der Waals surface area contributed by atoms with Gasteiger partial charge in [0.25, 0.3) is 0 Å². The molecule has 0 aromatic carbocycles. The Morgan fingerprint density at radius 1 is 1.44 bits per heavy atom. The summed E-state index contributed by atoms with van der Waals surface area (Å²) in [6.45, 7) is 13.4. The zero-order chi connectivity index (χ0) is 12.2. The highest BCUT2D eigenvalue weighted by Crippen LogP contribution is 2.30. The largest absolute Gasteiger partial charge is 0.315 e. The molecular weight excluding hydrogens is 196 g/mol. The maximum atomic E-state index is 4.06. The van der Waals surface area contributed by atoms with Crippen molar-refractivity contribution in [3.63, 3.8) is 0 Å². The van der Waals surface area contributed by atoms with Crippen molar-refractivity contribution in [3.8, 4) is 0 Å². The minimum atomic E-state index is 0.282. The first-order chi connectivity index (χ1) is 7.54. The first-order valence-electron chi connectivity index (χ1n) is 6.61. The highest BCUT2D eigenvalue weighted by atomic mass is 15.2. The summed E-state index contributed by atoms with van der Waals surface area (Å²) in [4.78, 5) is 2.66. The molecule has 1 aliphatic rings. The summed E-state index contributed by atoms with van der Waals surface area (Å²) in [6, 6.07) is 0.521. The smallest absolute Gasteiger partial charge is 0.0334 e. The average molecular weight is 224 g/mol. The van der Waals surface area contributed by atoms with E-state index in [-0.39, 0.29) is 5.54 Å². The van der Waals surface area contributed by atoms with Crippen LogP contribution in [0.25, 0.3) is 0 Å². The summed E-state index contributed by atoms with van der Waals surface area (Å²) in [5.41, 5.74) is 1.56. The maximum Gasteiger partial charge on any atom is 0.0334 e. The third kappa shape index (κ3) is 2.86. The Bertz CT molecular complexity index is 231. The van der Waals surface area contributed by atoms with E-state index in [4.69, 9.17) is 0 Å². The summed E-state index contributed by atoms with van der Waals surface area (Å²) in [5, 5.41) is 3.50. The van der Waals surface area contributed by atoms with Crippen LogP contribution in [0.1, 0.15) is 46.5 Å². The molecule has 0 saturated carbocycles. The molecule has 1 rings (SSSR count). The minimum absolute atomic E-state index is 0.282. The molecular formula is C14H28N2. The number of nitrogens with one attached hydrogen (secondary N) is 1. The molecule has 1 saturated heterocycles. The predicted molar refractivity (Wildman–Crippen MR) is 71.8 cm³/mol. The summed E-state index contributed by atoms with van der Waals surface area (Å²) in [7, 11) is 2.08. The number of hydrogen-bond donors (Lipinski definition) is 1. The van der Waals surface area contributed by atoms with Crippen molar-refractivity contribution < 1.29 is 0 Å². The molecule has 94 valence electrons. The molecule has 0 radical (unpaired) electrons. The molecule has 0 aliphatic carbocycles. The van der Waals surface area contributed by atoms with E-state index in [1.165, 1.54) is 37.9 Å². The van der Waals surface area contributed by atoms with E-state index in [0.29, 0.717) is 6.04 Å². The number of nitrogens with zero attached hydrogens (tertiary/aromatic N) is 1. The Labute approximate surface area is 101 Å². The number of likely N-dealkylation sites (tertiary alicyclic amines) is 1. The Balaban J connectivity index is 2.77. The molecule has 0 spiro atoms. The highest BCUT2D eigenvalue weighted by Gasteiger charge is 2.38. The predicted octanol–water partition coefficient (Wildman–Crippen LogP) is 2.81. The van der Waals surface area contributed by atoms with Gasteiger partial charge in [-0.05, 0) is 59.7 Å². The van der Waals surface area contributed by atoms with Gasteiger partial charge in [-0.1, -0.05) is 12.5 Å². The van der Waals surface area contributed by atoms with E-state index in [0.717, 1.165) is 6.42 Å². The summed E-state index contributed by atoms with van der Waals surface area (Å²) in [6.07, 6.45) is 5.00. The second-order valence-corrected chi connectivity index (χ2v) is 5.41. The molecule has 0 bridgehead atoms. The van der Waals surface area contributed by atoms with Crippen LogP contribution in [-0.2, 0) is 0 Å². The van der Waals surface area contributed by atoms with Crippen molar-refractivity contribution >= 4 is 0 Å². The van der Waals surface area contributed by atoms with Crippen molar-refractivity contribution in [1.82, 2.24) is 10.2 Å². The lowest BCUT2D eigenvalue weighted by molar-refractivity contribution is 0.0873. The van der Waals surface area contributed by atoms with E-state index in [9.17, 15) is 0 Å². The summed E-state index contributed by atoms with van der Waals surface area (Å²) >= 11 is 0. The topological polar surface area (TPSA) is 15.3 Å². The van der Waals surface area contributed by atoms with Crippen LogP contribution in [0.3, 0.4) is 0 Å². The summed E-state index contributed by atoms with van der Waals surface area (Å²) in [5.74, 6) is 0. The van der Waals surface area contributed by atoms with Crippen LogP contribution in [0, 0.1) is 0 Å². The van der Waals surface area contributed by atoms with E-state index in [1.807, 2.05) is 0 Å². The standard InChI is InChI=1S/C14H28N2/c1-6-14(4,16-9-7-8-10-16)13(15-5)11-12(2)3/h13,15H,2,6-11H2,1,3-5H3. The fourth-order valence-electron chi connectivity index (χ4n) is 2.90. The van der Waals surface area contributed by atoms with Crippen molar-refractivity contribution in [2.45, 2.75) is 58.0 Å². The van der Waals surface area contributed by atoms with Gasteiger partial charge in [-0.2, -0.15) is 0 Å². The SMILES string of the molecule is C=C(C)CC(NC)C(C)(CC)N1CCCC1. The third-order valence-corrected chi connectivity index (χ3v) is 4.20. The zero-order valence-electron chi connectivity index (χ0n) is 11.5. The first-order valence-corrected chi connectivity index (χ1v) is 6.61. The fourth-order valence-corrected chi connectivity index (χ4v) is 2.90. The van der Waals surface area contributed by atoms with Crippen LogP contribution in [0.5, 0.6) is 0 Å².